The standard InChI is InChI=1S/C15H15ClFNO2S/c16-14-9-13(5-6-15(14)17)21(19)8-7-20-12-3-1-11(10-18)2-4-12/h1-6,9H,7-8,10,18H2. The highest BCUT2D eigenvalue weighted by Gasteiger charge is 2.07. The average Bonchev–Trinajstić information content (AvgIpc) is 2.50. The topological polar surface area (TPSA) is 52.3 Å². The SMILES string of the molecule is NCc1ccc(OCCS(=O)c2ccc(F)c(Cl)c2)cc1. The Bertz CT molecular complexity index is 634. The van der Waals surface area contributed by atoms with Gasteiger partial charge in [-0.1, -0.05) is 23.7 Å². The van der Waals surface area contributed by atoms with Crippen LogP contribution in [0.5, 0.6) is 5.75 Å². The average molecular weight is 328 g/mol. The van der Waals surface area contributed by atoms with Gasteiger partial charge in [0.15, 0.2) is 0 Å². The Kier molecular flexibility index (Phi) is 5.73. The van der Waals surface area contributed by atoms with Gasteiger partial charge in [-0.25, -0.2) is 4.39 Å². The summed E-state index contributed by atoms with van der Waals surface area (Å²) in [6.45, 7) is 0.777. The second kappa shape index (κ2) is 7.54. The lowest BCUT2D eigenvalue weighted by Crippen LogP contribution is -2.09. The minimum Gasteiger partial charge on any atom is -0.493 e. The van der Waals surface area contributed by atoms with Gasteiger partial charge in [0.1, 0.15) is 18.2 Å². The molecule has 0 fully saturated rings. The Hall–Kier alpha value is -1.43. The van der Waals surface area contributed by atoms with Crippen molar-refractivity contribution in [3.05, 3.63) is 58.9 Å². The van der Waals surface area contributed by atoms with Crippen LogP contribution in [0.4, 0.5) is 4.39 Å². The maximum atomic E-state index is 13.0. The van der Waals surface area contributed by atoms with E-state index in [0.717, 1.165) is 5.56 Å². The van der Waals surface area contributed by atoms with Gasteiger partial charge in [0.05, 0.1) is 21.6 Å². The number of ether oxygens (including phenoxy) is 1. The molecule has 1 atom stereocenters. The fraction of sp³-hybridized carbons (Fsp3) is 0.200. The second-order valence-electron chi connectivity index (χ2n) is 4.32. The van der Waals surface area contributed by atoms with E-state index in [9.17, 15) is 8.60 Å². The molecule has 0 bridgehead atoms. The zero-order chi connectivity index (χ0) is 15.2. The van der Waals surface area contributed by atoms with E-state index in [1.807, 2.05) is 24.3 Å². The van der Waals surface area contributed by atoms with Crippen LogP contribution in [-0.2, 0) is 17.3 Å². The maximum absolute atomic E-state index is 13.0. The number of halogens is 2. The Morgan fingerprint density at radius 1 is 1.19 bits per heavy atom. The molecule has 2 aromatic rings. The molecule has 112 valence electrons. The zero-order valence-electron chi connectivity index (χ0n) is 11.2. The predicted octanol–water partition coefficient (Wildman–Crippen LogP) is 3.12. The first-order valence-corrected chi connectivity index (χ1v) is 8.05. The van der Waals surface area contributed by atoms with E-state index in [1.165, 1.54) is 18.2 Å². The quantitative estimate of drug-likeness (QED) is 0.887. The summed E-state index contributed by atoms with van der Waals surface area (Å²) in [5.74, 6) is 0.482. The molecule has 3 nitrogen and oxygen atoms in total. The second-order valence-corrected chi connectivity index (χ2v) is 6.30. The smallest absolute Gasteiger partial charge is 0.141 e. The molecule has 0 heterocycles. The molecule has 1 unspecified atom stereocenters. The van der Waals surface area contributed by atoms with Gasteiger partial charge in [0, 0.05) is 11.4 Å². The van der Waals surface area contributed by atoms with Crippen molar-refractivity contribution >= 4 is 22.4 Å². The molecule has 0 aromatic heterocycles. The van der Waals surface area contributed by atoms with Crippen LogP contribution in [0.2, 0.25) is 5.02 Å². The molecule has 0 saturated carbocycles. The number of nitrogens with two attached hydrogens (primary N) is 1. The highest BCUT2D eigenvalue weighted by molar-refractivity contribution is 7.85. The molecule has 6 heteroatoms. The summed E-state index contributed by atoms with van der Waals surface area (Å²) in [4.78, 5) is 0.489. The summed E-state index contributed by atoms with van der Waals surface area (Å²) in [7, 11) is -1.28. The van der Waals surface area contributed by atoms with Crippen molar-refractivity contribution in [2.75, 3.05) is 12.4 Å². The van der Waals surface area contributed by atoms with Crippen LogP contribution in [0, 0.1) is 5.82 Å². The Morgan fingerprint density at radius 3 is 2.52 bits per heavy atom. The zero-order valence-corrected chi connectivity index (χ0v) is 12.8. The van der Waals surface area contributed by atoms with E-state index < -0.39 is 16.6 Å². The van der Waals surface area contributed by atoms with Gasteiger partial charge in [-0.15, -0.1) is 0 Å². The minimum atomic E-state index is -1.28. The van der Waals surface area contributed by atoms with Crippen molar-refractivity contribution in [2.24, 2.45) is 5.73 Å². The number of hydrogen-bond acceptors (Lipinski definition) is 3. The first-order valence-electron chi connectivity index (χ1n) is 6.35. The molecule has 0 saturated heterocycles. The third-order valence-electron chi connectivity index (χ3n) is 2.85. The largest absolute Gasteiger partial charge is 0.493 e. The highest BCUT2D eigenvalue weighted by Crippen LogP contribution is 2.18. The van der Waals surface area contributed by atoms with Gasteiger partial charge in [0.2, 0.25) is 0 Å². The van der Waals surface area contributed by atoms with E-state index in [2.05, 4.69) is 0 Å². The molecule has 0 aliphatic rings. The predicted molar refractivity (Wildman–Crippen MR) is 82.5 cm³/mol. The lowest BCUT2D eigenvalue weighted by Gasteiger charge is -2.07. The van der Waals surface area contributed by atoms with Gasteiger partial charge in [-0.05, 0) is 35.9 Å². The molecule has 0 aliphatic heterocycles. The monoisotopic (exact) mass is 327 g/mol. The molecule has 0 amide bonds. The van der Waals surface area contributed by atoms with E-state index in [1.54, 1.807) is 0 Å². The maximum Gasteiger partial charge on any atom is 0.141 e. The molecule has 2 N–H and O–H groups in total. The van der Waals surface area contributed by atoms with Crippen LogP contribution < -0.4 is 10.5 Å². The van der Waals surface area contributed by atoms with Crippen LogP contribution in [0.1, 0.15) is 5.56 Å². The van der Waals surface area contributed by atoms with Gasteiger partial charge in [0.25, 0.3) is 0 Å². The third-order valence-corrected chi connectivity index (χ3v) is 4.46. The fourth-order valence-corrected chi connectivity index (χ4v) is 2.88. The van der Waals surface area contributed by atoms with Gasteiger partial charge < -0.3 is 10.5 Å². The number of hydrogen-bond donors (Lipinski definition) is 1. The number of benzene rings is 2. The Labute approximate surface area is 130 Å². The van der Waals surface area contributed by atoms with Crippen LogP contribution in [0.15, 0.2) is 47.4 Å². The molecule has 0 spiro atoms. The first kappa shape index (κ1) is 15.9. The van der Waals surface area contributed by atoms with E-state index in [-0.39, 0.29) is 5.02 Å². The van der Waals surface area contributed by atoms with Crippen molar-refractivity contribution < 1.29 is 13.3 Å². The van der Waals surface area contributed by atoms with E-state index in [0.29, 0.717) is 29.5 Å². The fourth-order valence-electron chi connectivity index (χ4n) is 1.69. The molecule has 2 rings (SSSR count). The third kappa shape index (κ3) is 4.52. The lowest BCUT2D eigenvalue weighted by atomic mass is 10.2. The molecule has 2 aromatic carbocycles. The summed E-state index contributed by atoms with van der Waals surface area (Å²) in [6.07, 6.45) is 0. The minimum absolute atomic E-state index is 0.0286. The summed E-state index contributed by atoms with van der Waals surface area (Å²) in [5.41, 5.74) is 6.53. The molecular weight excluding hydrogens is 313 g/mol. The summed E-state index contributed by atoms with van der Waals surface area (Å²) in [5, 5.41) is -0.0286. The van der Waals surface area contributed by atoms with Crippen molar-refractivity contribution in [3.8, 4) is 5.75 Å². The normalized spacial score (nSPS) is 12.1. The molecule has 21 heavy (non-hydrogen) atoms. The number of rotatable bonds is 6. The highest BCUT2D eigenvalue weighted by atomic mass is 35.5. The van der Waals surface area contributed by atoms with Gasteiger partial charge >= 0.3 is 0 Å². The summed E-state index contributed by atoms with van der Waals surface area (Å²) in [6, 6.07) is 11.5. The van der Waals surface area contributed by atoms with Crippen molar-refractivity contribution in [3.63, 3.8) is 0 Å². The van der Waals surface area contributed by atoms with E-state index in [4.69, 9.17) is 22.1 Å². The van der Waals surface area contributed by atoms with Crippen molar-refractivity contribution in [1.82, 2.24) is 0 Å². The summed E-state index contributed by atoms with van der Waals surface area (Å²) >= 11 is 5.67. The molecule has 0 aliphatic carbocycles. The van der Waals surface area contributed by atoms with Crippen molar-refractivity contribution in [1.29, 1.82) is 0 Å². The molecule has 0 radical (unpaired) electrons. The Balaban J connectivity index is 1.87. The van der Waals surface area contributed by atoms with Gasteiger partial charge in [-0.2, -0.15) is 0 Å². The molecular formula is C15H15ClFNO2S. The lowest BCUT2D eigenvalue weighted by molar-refractivity contribution is 0.342. The van der Waals surface area contributed by atoms with Crippen LogP contribution in [0.3, 0.4) is 0 Å². The van der Waals surface area contributed by atoms with Crippen LogP contribution in [0.25, 0.3) is 0 Å². The van der Waals surface area contributed by atoms with Crippen LogP contribution >= 0.6 is 11.6 Å². The van der Waals surface area contributed by atoms with Crippen molar-refractivity contribution in [2.45, 2.75) is 11.4 Å². The van der Waals surface area contributed by atoms with Gasteiger partial charge in [-0.3, -0.25) is 4.21 Å². The Morgan fingerprint density at radius 2 is 1.90 bits per heavy atom. The first-order chi connectivity index (χ1) is 10.1. The van der Waals surface area contributed by atoms with Crippen LogP contribution in [-0.4, -0.2) is 16.6 Å². The summed E-state index contributed by atoms with van der Waals surface area (Å²) < 4.78 is 30.6. The van der Waals surface area contributed by atoms with E-state index >= 15 is 0 Å².